The van der Waals surface area contributed by atoms with E-state index >= 15 is 0 Å². The van der Waals surface area contributed by atoms with E-state index in [2.05, 4.69) is 70.6 Å². The number of hydrogen-bond acceptors (Lipinski definition) is 2. The second-order valence-electron chi connectivity index (χ2n) is 3.23. The fraction of sp³-hybridized carbons (Fsp3) is 0.889. The number of hydrogen-bond donors (Lipinski definition) is 0. The molecule has 0 saturated heterocycles. The van der Waals surface area contributed by atoms with E-state index in [-0.39, 0.29) is 19.0 Å². The Hall–Kier alpha value is 1.39. The van der Waals surface area contributed by atoms with Crippen molar-refractivity contribution in [3.63, 3.8) is 0 Å². The van der Waals surface area contributed by atoms with Crippen LogP contribution in [0.25, 0.3) is 0 Å². The Kier molecular flexibility index (Phi) is 8.38. The predicted octanol–water partition coefficient (Wildman–Crippen LogP) is 4.71. The van der Waals surface area contributed by atoms with Crippen LogP contribution in [0.1, 0.15) is 33.1 Å². The van der Waals surface area contributed by atoms with E-state index in [1.54, 1.807) is 0 Å². The molecule has 0 spiro atoms. The molecule has 0 aromatic carbocycles. The van der Waals surface area contributed by atoms with Crippen molar-refractivity contribution in [2.45, 2.75) is 46.2 Å². The predicted molar refractivity (Wildman–Crippen MR) is 77.3 cm³/mol. The minimum atomic E-state index is -0.390. The zero-order chi connectivity index (χ0) is 12.1. The van der Waals surface area contributed by atoms with E-state index in [0.29, 0.717) is 0 Å². The first-order valence-electron chi connectivity index (χ1n) is 4.64. The summed E-state index contributed by atoms with van der Waals surface area (Å²) in [6.45, 7) is 3.53. The average Bonchev–Trinajstić information content (AvgIpc) is 2.10. The summed E-state index contributed by atoms with van der Waals surface area (Å²) in [4.78, 5) is 11.0. The zero-order valence-corrected chi connectivity index (χ0v) is 14.9. The second-order valence-corrected chi connectivity index (χ2v) is 10.3. The van der Waals surface area contributed by atoms with Crippen molar-refractivity contribution in [3.8, 4) is 0 Å². The number of rotatable bonds is 6. The molecule has 0 aliphatic heterocycles. The molecule has 0 fully saturated rings. The summed E-state index contributed by atoms with van der Waals surface area (Å²) < 4.78 is 4.76. The molecule has 15 heavy (non-hydrogen) atoms. The van der Waals surface area contributed by atoms with E-state index < -0.39 is 0 Å². The molecule has 0 aromatic rings. The van der Waals surface area contributed by atoms with Gasteiger partial charge in [0.05, 0.1) is 0 Å². The number of esters is 1. The lowest BCUT2D eigenvalue weighted by Crippen LogP contribution is -2.38. The van der Waals surface area contributed by atoms with Crippen LogP contribution in [-0.4, -0.2) is 19.0 Å². The van der Waals surface area contributed by atoms with Gasteiger partial charge in [-0.3, -0.25) is 4.79 Å². The number of unbranched alkanes of at least 4 members (excludes halogenated alkanes) is 1. The Morgan fingerprint density at radius 3 is 2.27 bits per heavy atom. The number of carbonyl (C=O) groups excluding carboxylic acids is 1. The van der Waals surface area contributed by atoms with Crippen LogP contribution in [0.5, 0.6) is 0 Å². The highest BCUT2D eigenvalue weighted by Crippen LogP contribution is 2.41. The van der Waals surface area contributed by atoms with E-state index in [1.807, 2.05) is 0 Å². The van der Waals surface area contributed by atoms with Gasteiger partial charge < -0.3 is 4.74 Å². The number of ether oxygens (including phenoxy) is 1. The molecule has 0 bridgehead atoms. The van der Waals surface area contributed by atoms with Crippen molar-refractivity contribution in [3.05, 3.63) is 0 Å². The zero-order valence-electron chi connectivity index (χ0n) is 8.60. The minimum Gasteiger partial charge on any atom is -0.458 e. The van der Waals surface area contributed by atoms with Gasteiger partial charge >= 0.3 is 5.97 Å². The molecule has 2 nitrogen and oxygen atoms in total. The lowest BCUT2D eigenvalue weighted by atomic mass is 10.1. The van der Waals surface area contributed by atoms with Crippen LogP contribution in [0, 0.1) is 0 Å². The largest absolute Gasteiger partial charge is 0.458 e. The van der Waals surface area contributed by atoms with Crippen molar-refractivity contribution in [2.24, 2.45) is 0 Å². The lowest BCUT2D eigenvalue weighted by molar-refractivity contribution is -0.145. The minimum absolute atomic E-state index is 0.0930. The van der Waals surface area contributed by atoms with Crippen molar-refractivity contribution in [1.82, 2.24) is 0 Å². The standard InChI is InChI=1S/C9H14Br4O2/c1-3-4-5-9(12,13)7(8(10)11)15-6(2)14/h7-8H,3-5H2,1-2H3/t7-/m1/s1. The smallest absolute Gasteiger partial charge is 0.303 e. The maximum Gasteiger partial charge on any atom is 0.303 e. The van der Waals surface area contributed by atoms with Crippen LogP contribution >= 0.6 is 63.7 Å². The van der Waals surface area contributed by atoms with Gasteiger partial charge in [-0.15, -0.1) is 0 Å². The Balaban J connectivity index is 4.50. The van der Waals surface area contributed by atoms with Crippen LogP contribution in [-0.2, 0) is 9.53 Å². The van der Waals surface area contributed by atoms with E-state index in [0.717, 1.165) is 19.3 Å². The van der Waals surface area contributed by atoms with Crippen molar-refractivity contribution in [1.29, 1.82) is 0 Å². The molecule has 0 heterocycles. The van der Waals surface area contributed by atoms with Crippen LogP contribution in [0.15, 0.2) is 0 Å². The first-order chi connectivity index (χ1) is 6.81. The highest BCUT2D eigenvalue weighted by atomic mass is 79.9. The summed E-state index contributed by atoms with van der Waals surface area (Å²) >= 11 is 13.9. The third kappa shape index (κ3) is 6.64. The fourth-order valence-electron chi connectivity index (χ4n) is 1.06. The molecular weight excluding hydrogens is 460 g/mol. The molecule has 1 atom stereocenters. The maximum absolute atomic E-state index is 11.0. The second kappa shape index (κ2) is 7.67. The SMILES string of the molecule is CCCCC(Br)(Br)[C@H](OC(C)=O)C(Br)Br. The molecule has 0 aromatic heterocycles. The van der Waals surface area contributed by atoms with Gasteiger partial charge in [0.25, 0.3) is 0 Å². The molecule has 0 saturated carbocycles. The highest BCUT2D eigenvalue weighted by molar-refractivity contribution is 9.26. The van der Waals surface area contributed by atoms with Crippen molar-refractivity contribution >= 4 is 69.7 Å². The highest BCUT2D eigenvalue weighted by Gasteiger charge is 2.39. The van der Waals surface area contributed by atoms with Crippen LogP contribution in [0.2, 0.25) is 0 Å². The molecule has 90 valence electrons. The molecule has 0 N–H and O–H groups in total. The summed E-state index contributed by atoms with van der Waals surface area (Å²) in [5.41, 5.74) is 0. The van der Waals surface area contributed by atoms with E-state index in [1.165, 1.54) is 6.92 Å². The lowest BCUT2D eigenvalue weighted by Gasteiger charge is -2.31. The average molecular weight is 474 g/mol. The number of alkyl halides is 4. The van der Waals surface area contributed by atoms with Gasteiger partial charge in [0.15, 0.2) is 0 Å². The van der Waals surface area contributed by atoms with Gasteiger partial charge in [0.2, 0.25) is 0 Å². The fourth-order valence-corrected chi connectivity index (χ4v) is 4.87. The van der Waals surface area contributed by atoms with Crippen LogP contribution < -0.4 is 0 Å². The molecule has 0 radical (unpaired) electrons. The topological polar surface area (TPSA) is 26.3 Å². The summed E-state index contributed by atoms with van der Waals surface area (Å²) in [7, 11) is 0. The van der Waals surface area contributed by atoms with Crippen LogP contribution in [0.4, 0.5) is 0 Å². The Bertz CT molecular complexity index is 206. The van der Waals surface area contributed by atoms with Crippen molar-refractivity contribution in [2.75, 3.05) is 0 Å². The first-order valence-corrected chi connectivity index (χ1v) is 8.06. The molecule has 6 heteroatoms. The Labute approximate surface area is 124 Å². The van der Waals surface area contributed by atoms with Gasteiger partial charge in [-0.2, -0.15) is 0 Å². The summed E-state index contributed by atoms with van der Waals surface area (Å²) in [6, 6.07) is 0. The number of halogens is 4. The molecule has 0 amide bonds. The Morgan fingerprint density at radius 1 is 1.40 bits per heavy atom. The first kappa shape index (κ1) is 16.4. The monoisotopic (exact) mass is 470 g/mol. The molecule has 0 unspecified atom stereocenters. The van der Waals surface area contributed by atoms with Crippen molar-refractivity contribution < 1.29 is 9.53 Å². The van der Waals surface area contributed by atoms with Gasteiger partial charge in [-0.05, 0) is 6.42 Å². The molecule has 0 aliphatic carbocycles. The molecule has 0 aliphatic rings. The van der Waals surface area contributed by atoms with Crippen LogP contribution in [0.3, 0.4) is 0 Å². The van der Waals surface area contributed by atoms with Gasteiger partial charge in [-0.1, -0.05) is 83.5 Å². The third-order valence-corrected chi connectivity index (χ3v) is 4.46. The summed E-state index contributed by atoms with van der Waals surface area (Å²) in [6.07, 6.45) is 2.73. The van der Waals surface area contributed by atoms with E-state index in [9.17, 15) is 4.79 Å². The quantitative estimate of drug-likeness (QED) is 0.412. The van der Waals surface area contributed by atoms with Gasteiger partial charge in [0.1, 0.15) is 13.1 Å². The molecule has 0 rings (SSSR count). The summed E-state index contributed by atoms with van der Waals surface area (Å²) in [5.74, 6) is -0.288. The Morgan fingerprint density at radius 2 is 1.93 bits per heavy atom. The summed E-state index contributed by atoms with van der Waals surface area (Å²) in [5, 5.41) is 0. The molecular formula is C9H14Br4O2. The van der Waals surface area contributed by atoms with Gasteiger partial charge in [0, 0.05) is 6.92 Å². The maximum atomic E-state index is 11.0. The van der Waals surface area contributed by atoms with Gasteiger partial charge in [-0.25, -0.2) is 0 Å². The van der Waals surface area contributed by atoms with E-state index in [4.69, 9.17) is 4.74 Å². The third-order valence-electron chi connectivity index (χ3n) is 1.80. The normalized spacial score (nSPS) is 14.1. The number of carbonyl (C=O) groups is 1.